The van der Waals surface area contributed by atoms with Crippen molar-refractivity contribution >= 4 is 15.9 Å². The van der Waals surface area contributed by atoms with E-state index in [4.69, 9.17) is 0 Å². The summed E-state index contributed by atoms with van der Waals surface area (Å²) in [4.78, 5) is 27.7. The fourth-order valence-corrected chi connectivity index (χ4v) is 1.77. The number of rotatable bonds is 2. The standard InChI is InChI=1S/C13H8BrFN2O2/c14-6-5-10-8-17(13(19)16-12(10)18)7-9-1-3-11(15)4-2-9/h1-4,8H,7H2,(H,16,18,19). The van der Waals surface area contributed by atoms with Gasteiger partial charge in [0, 0.05) is 22.1 Å². The van der Waals surface area contributed by atoms with E-state index in [1.165, 1.54) is 22.9 Å². The number of aromatic nitrogens is 2. The Labute approximate surface area is 116 Å². The van der Waals surface area contributed by atoms with Gasteiger partial charge in [0.15, 0.2) is 0 Å². The zero-order valence-electron chi connectivity index (χ0n) is 9.61. The van der Waals surface area contributed by atoms with E-state index >= 15 is 0 Å². The van der Waals surface area contributed by atoms with Gasteiger partial charge in [-0.25, -0.2) is 9.18 Å². The third-order valence-corrected chi connectivity index (χ3v) is 2.66. The fraction of sp³-hybridized carbons (Fsp3) is 0.0769. The molecule has 0 radical (unpaired) electrons. The zero-order valence-corrected chi connectivity index (χ0v) is 11.2. The minimum atomic E-state index is -0.535. The van der Waals surface area contributed by atoms with Crippen LogP contribution in [0, 0.1) is 16.6 Å². The van der Waals surface area contributed by atoms with Crippen molar-refractivity contribution in [1.82, 2.24) is 9.55 Å². The molecule has 6 heteroatoms. The lowest BCUT2D eigenvalue weighted by molar-refractivity contribution is 0.625. The smallest absolute Gasteiger partial charge is 0.295 e. The van der Waals surface area contributed by atoms with Gasteiger partial charge in [0.2, 0.25) is 0 Å². The molecule has 96 valence electrons. The van der Waals surface area contributed by atoms with Gasteiger partial charge in [0.25, 0.3) is 5.56 Å². The maximum Gasteiger partial charge on any atom is 0.328 e. The Morgan fingerprint density at radius 2 is 1.95 bits per heavy atom. The summed E-state index contributed by atoms with van der Waals surface area (Å²) in [6.45, 7) is 0.229. The molecule has 4 nitrogen and oxygen atoms in total. The molecule has 0 aliphatic carbocycles. The molecule has 0 aliphatic rings. The quantitative estimate of drug-likeness (QED) is 0.850. The molecule has 1 aromatic heterocycles. The third kappa shape index (κ3) is 3.20. The van der Waals surface area contributed by atoms with Gasteiger partial charge >= 0.3 is 5.69 Å². The maximum atomic E-state index is 12.8. The van der Waals surface area contributed by atoms with Crippen molar-refractivity contribution in [3.8, 4) is 10.8 Å². The van der Waals surface area contributed by atoms with Crippen molar-refractivity contribution in [2.75, 3.05) is 0 Å². The van der Waals surface area contributed by atoms with Crippen LogP contribution in [-0.2, 0) is 6.54 Å². The number of halogens is 2. The van der Waals surface area contributed by atoms with Crippen LogP contribution in [0.2, 0.25) is 0 Å². The molecule has 0 bridgehead atoms. The second-order valence-corrected chi connectivity index (χ2v) is 4.17. The predicted octanol–water partition coefficient (Wildman–Crippen LogP) is 1.43. The number of H-pyrrole nitrogens is 1. The Hall–Kier alpha value is -2.13. The lowest BCUT2D eigenvalue weighted by atomic mass is 10.2. The highest BCUT2D eigenvalue weighted by Crippen LogP contribution is 2.03. The van der Waals surface area contributed by atoms with Gasteiger partial charge < -0.3 is 0 Å². The van der Waals surface area contributed by atoms with Crippen molar-refractivity contribution in [2.45, 2.75) is 6.54 Å². The Morgan fingerprint density at radius 3 is 2.58 bits per heavy atom. The average molecular weight is 323 g/mol. The Kier molecular flexibility index (Phi) is 3.97. The molecule has 0 spiro atoms. The second kappa shape index (κ2) is 5.67. The molecular weight excluding hydrogens is 315 g/mol. The zero-order chi connectivity index (χ0) is 13.8. The van der Waals surface area contributed by atoms with Crippen LogP contribution in [0.1, 0.15) is 11.1 Å². The monoisotopic (exact) mass is 322 g/mol. The first-order valence-corrected chi connectivity index (χ1v) is 6.09. The van der Waals surface area contributed by atoms with Crippen molar-refractivity contribution in [2.24, 2.45) is 0 Å². The molecule has 0 saturated heterocycles. The molecule has 2 aromatic rings. The van der Waals surface area contributed by atoms with Crippen LogP contribution < -0.4 is 11.2 Å². The van der Waals surface area contributed by atoms with Crippen LogP contribution in [0.4, 0.5) is 4.39 Å². The number of hydrogen-bond acceptors (Lipinski definition) is 2. The molecular formula is C13H8BrFN2O2. The number of benzene rings is 1. The topological polar surface area (TPSA) is 54.9 Å². The van der Waals surface area contributed by atoms with E-state index in [1.54, 1.807) is 12.1 Å². The SMILES string of the molecule is O=c1[nH]c(=O)n(Cc2ccc(F)cc2)cc1C#CBr. The summed E-state index contributed by atoms with van der Waals surface area (Å²) < 4.78 is 14.1. The van der Waals surface area contributed by atoms with Crippen LogP contribution >= 0.6 is 15.9 Å². The summed E-state index contributed by atoms with van der Waals surface area (Å²) in [7, 11) is 0. The Balaban J connectivity index is 2.41. The molecule has 0 unspecified atom stereocenters. The third-order valence-electron chi connectivity index (χ3n) is 2.46. The molecule has 1 N–H and O–H groups in total. The van der Waals surface area contributed by atoms with Gasteiger partial charge in [-0.1, -0.05) is 12.1 Å². The summed E-state index contributed by atoms with van der Waals surface area (Å²) in [5, 5.41) is 0. The summed E-state index contributed by atoms with van der Waals surface area (Å²) in [6.07, 6.45) is 1.37. The highest BCUT2D eigenvalue weighted by atomic mass is 79.9. The normalized spacial score (nSPS) is 9.79. The summed E-state index contributed by atoms with van der Waals surface area (Å²) in [5.74, 6) is 2.20. The lowest BCUT2D eigenvalue weighted by Gasteiger charge is -2.05. The predicted molar refractivity (Wildman–Crippen MR) is 72.6 cm³/mol. The number of hydrogen-bond donors (Lipinski definition) is 1. The van der Waals surface area contributed by atoms with Crippen molar-refractivity contribution in [3.63, 3.8) is 0 Å². The first kappa shape index (κ1) is 13.3. The molecule has 0 fully saturated rings. The molecule has 0 atom stereocenters. The first-order valence-electron chi connectivity index (χ1n) is 5.30. The van der Waals surface area contributed by atoms with Crippen molar-refractivity contribution in [3.05, 3.63) is 68.2 Å². The van der Waals surface area contributed by atoms with Crippen LogP contribution in [0.5, 0.6) is 0 Å². The van der Waals surface area contributed by atoms with Crippen LogP contribution in [0.15, 0.2) is 40.1 Å². The van der Waals surface area contributed by atoms with E-state index in [-0.39, 0.29) is 17.9 Å². The molecule has 1 aromatic carbocycles. The molecule has 1 heterocycles. The van der Waals surface area contributed by atoms with Gasteiger partial charge in [0.1, 0.15) is 11.4 Å². The molecule has 0 saturated carbocycles. The second-order valence-electron chi connectivity index (χ2n) is 3.78. The van der Waals surface area contributed by atoms with E-state index in [0.29, 0.717) is 0 Å². The maximum absolute atomic E-state index is 12.8. The van der Waals surface area contributed by atoms with Gasteiger partial charge in [-0.15, -0.1) is 0 Å². The van der Waals surface area contributed by atoms with Gasteiger partial charge in [-0.05, 0) is 28.4 Å². The molecule has 2 rings (SSSR count). The summed E-state index contributed by atoms with van der Waals surface area (Å²) >= 11 is 2.90. The molecule has 0 amide bonds. The Bertz CT molecular complexity index is 766. The Morgan fingerprint density at radius 1 is 1.26 bits per heavy atom. The van der Waals surface area contributed by atoms with E-state index in [9.17, 15) is 14.0 Å². The van der Waals surface area contributed by atoms with Crippen LogP contribution in [0.3, 0.4) is 0 Å². The number of aromatic amines is 1. The number of nitrogens with zero attached hydrogens (tertiary/aromatic N) is 1. The first-order chi connectivity index (χ1) is 9.10. The van der Waals surface area contributed by atoms with E-state index in [2.05, 4.69) is 31.7 Å². The van der Waals surface area contributed by atoms with Crippen molar-refractivity contribution < 1.29 is 4.39 Å². The highest BCUT2D eigenvalue weighted by Gasteiger charge is 2.03. The van der Waals surface area contributed by atoms with Gasteiger partial charge in [0.05, 0.1) is 6.54 Å². The lowest BCUT2D eigenvalue weighted by Crippen LogP contribution is -2.31. The van der Waals surface area contributed by atoms with E-state index in [1.807, 2.05) is 0 Å². The number of nitrogens with one attached hydrogen (secondary N) is 1. The average Bonchev–Trinajstić information content (AvgIpc) is 2.38. The van der Waals surface area contributed by atoms with E-state index < -0.39 is 11.2 Å². The van der Waals surface area contributed by atoms with Gasteiger partial charge in [-0.2, -0.15) is 0 Å². The van der Waals surface area contributed by atoms with Crippen LogP contribution in [0.25, 0.3) is 0 Å². The highest BCUT2D eigenvalue weighted by molar-refractivity contribution is 9.12. The van der Waals surface area contributed by atoms with Gasteiger partial charge in [-0.3, -0.25) is 14.3 Å². The summed E-state index contributed by atoms with van der Waals surface area (Å²) in [6, 6.07) is 5.77. The largest absolute Gasteiger partial charge is 0.328 e. The van der Waals surface area contributed by atoms with E-state index in [0.717, 1.165) is 5.56 Å². The minimum absolute atomic E-state index is 0.179. The van der Waals surface area contributed by atoms with Crippen LogP contribution in [-0.4, -0.2) is 9.55 Å². The molecule has 19 heavy (non-hydrogen) atoms. The fourth-order valence-electron chi connectivity index (χ4n) is 1.55. The van der Waals surface area contributed by atoms with Crippen molar-refractivity contribution in [1.29, 1.82) is 0 Å². The minimum Gasteiger partial charge on any atom is -0.295 e. The molecule has 0 aliphatic heterocycles. The summed E-state index contributed by atoms with van der Waals surface area (Å²) in [5.41, 5.74) is -0.145.